The summed E-state index contributed by atoms with van der Waals surface area (Å²) in [6.45, 7) is 0. The summed E-state index contributed by atoms with van der Waals surface area (Å²) in [5, 5.41) is 19.8. The van der Waals surface area contributed by atoms with E-state index in [0.29, 0.717) is 15.8 Å². The molecule has 3 heterocycles. The highest BCUT2D eigenvalue weighted by Gasteiger charge is 2.18. The van der Waals surface area contributed by atoms with Gasteiger partial charge in [0, 0.05) is 6.20 Å². The number of rotatable bonds is 2. The predicted octanol–water partition coefficient (Wildman–Crippen LogP) is 3.04. The van der Waals surface area contributed by atoms with Gasteiger partial charge >= 0.3 is 0 Å². The van der Waals surface area contributed by atoms with Crippen LogP contribution in [0.3, 0.4) is 0 Å². The third-order valence-corrected chi connectivity index (χ3v) is 4.14. The van der Waals surface area contributed by atoms with Crippen LogP contribution in [0.25, 0.3) is 27.1 Å². The average molecular weight is 321 g/mol. The summed E-state index contributed by atoms with van der Waals surface area (Å²) in [5.74, 6) is -0.225. The van der Waals surface area contributed by atoms with Gasteiger partial charge in [-0.1, -0.05) is 29.0 Å². The monoisotopic (exact) mass is 320 g/mol. The number of aromatic amines is 1. The third kappa shape index (κ3) is 1.91. The highest BCUT2D eigenvalue weighted by molar-refractivity contribution is 7.19. The summed E-state index contributed by atoms with van der Waals surface area (Å²) in [5.41, 5.74) is 1.03. The molecular weight excluding hydrogens is 315 g/mol. The average Bonchev–Trinajstić information content (AvgIpc) is 3.16. The van der Waals surface area contributed by atoms with Gasteiger partial charge in [-0.25, -0.2) is 4.39 Å². The molecule has 104 valence electrons. The lowest BCUT2D eigenvalue weighted by atomic mass is 10.2. The van der Waals surface area contributed by atoms with Gasteiger partial charge in [0.05, 0.1) is 16.3 Å². The van der Waals surface area contributed by atoms with E-state index in [4.69, 9.17) is 11.6 Å². The van der Waals surface area contributed by atoms with E-state index in [2.05, 4.69) is 25.5 Å². The number of H-pyrrole nitrogens is 1. The lowest BCUT2D eigenvalue weighted by molar-refractivity contribution is 0.629. The van der Waals surface area contributed by atoms with Gasteiger partial charge in [0.25, 0.3) is 0 Å². The Morgan fingerprint density at radius 2 is 2.14 bits per heavy atom. The van der Waals surface area contributed by atoms with Crippen LogP contribution in [0.15, 0.2) is 30.5 Å². The summed E-state index contributed by atoms with van der Waals surface area (Å²) < 4.78 is 15.6. The second kappa shape index (κ2) is 4.61. The number of nitrogens with zero attached hydrogens (tertiary/aromatic N) is 5. The lowest BCUT2D eigenvalue weighted by Crippen LogP contribution is -1.94. The fraction of sp³-hybridized carbons (Fsp3) is 0. The maximum absolute atomic E-state index is 14.1. The summed E-state index contributed by atoms with van der Waals surface area (Å²) in [4.78, 5) is 0.564. The maximum atomic E-state index is 14.1. The first kappa shape index (κ1) is 12.4. The highest BCUT2D eigenvalue weighted by Crippen LogP contribution is 2.29. The number of aromatic nitrogens is 6. The molecule has 0 amide bonds. The number of hydrogen-bond acceptors (Lipinski definition) is 5. The van der Waals surface area contributed by atoms with Crippen LogP contribution in [-0.4, -0.2) is 30.0 Å². The highest BCUT2D eigenvalue weighted by atomic mass is 35.5. The smallest absolute Gasteiger partial charge is 0.235 e. The molecule has 0 radical (unpaired) electrons. The Kier molecular flexibility index (Phi) is 2.72. The zero-order valence-electron chi connectivity index (χ0n) is 10.3. The molecule has 1 aromatic carbocycles. The Bertz CT molecular complexity index is 929. The van der Waals surface area contributed by atoms with Crippen molar-refractivity contribution in [3.63, 3.8) is 0 Å². The van der Waals surface area contributed by atoms with E-state index in [1.807, 2.05) is 0 Å². The molecule has 4 aromatic rings. The molecule has 0 saturated carbocycles. The first-order chi connectivity index (χ1) is 10.2. The minimum absolute atomic E-state index is 0.0354. The zero-order chi connectivity index (χ0) is 14.4. The molecule has 0 saturated heterocycles. The molecule has 0 bridgehead atoms. The van der Waals surface area contributed by atoms with E-state index in [-0.39, 0.29) is 10.6 Å². The minimum atomic E-state index is -0.537. The van der Waals surface area contributed by atoms with Gasteiger partial charge in [-0.2, -0.15) is 14.7 Å². The van der Waals surface area contributed by atoms with Crippen LogP contribution in [0.5, 0.6) is 0 Å². The van der Waals surface area contributed by atoms with Crippen molar-refractivity contribution in [3.05, 3.63) is 41.3 Å². The SMILES string of the molecule is Fc1c(Cl)cccc1-c1nnc2sc(-c3ccn[nH]3)nn12. The number of benzene rings is 1. The molecule has 0 aliphatic carbocycles. The molecule has 0 atom stereocenters. The Hall–Kier alpha value is -2.32. The van der Waals surface area contributed by atoms with Crippen molar-refractivity contribution in [1.29, 1.82) is 0 Å². The van der Waals surface area contributed by atoms with Crippen LogP contribution in [0, 0.1) is 5.82 Å². The lowest BCUT2D eigenvalue weighted by Gasteiger charge is -2.00. The van der Waals surface area contributed by atoms with Crippen molar-refractivity contribution in [2.45, 2.75) is 0 Å². The molecule has 6 nitrogen and oxygen atoms in total. The van der Waals surface area contributed by atoms with Gasteiger partial charge in [0.15, 0.2) is 16.6 Å². The first-order valence-electron chi connectivity index (χ1n) is 5.90. The van der Waals surface area contributed by atoms with Crippen LogP contribution >= 0.6 is 22.9 Å². The van der Waals surface area contributed by atoms with Crippen LogP contribution in [0.4, 0.5) is 4.39 Å². The standard InChI is InChI=1S/C12H6ClFN6S/c13-7-3-1-2-6(9(7)14)10-17-18-12-20(10)19-11(21-12)8-4-5-15-16-8/h1-5H,(H,15,16). The molecule has 1 N–H and O–H groups in total. The van der Waals surface area contributed by atoms with E-state index in [0.717, 1.165) is 5.69 Å². The van der Waals surface area contributed by atoms with Gasteiger partial charge in [-0.3, -0.25) is 5.10 Å². The predicted molar refractivity (Wildman–Crippen MR) is 76.6 cm³/mol. The molecular formula is C12H6ClFN6S. The van der Waals surface area contributed by atoms with Crippen LogP contribution < -0.4 is 0 Å². The van der Waals surface area contributed by atoms with Gasteiger partial charge < -0.3 is 0 Å². The topological polar surface area (TPSA) is 71.8 Å². The first-order valence-corrected chi connectivity index (χ1v) is 7.10. The van der Waals surface area contributed by atoms with E-state index < -0.39 is 5.82 Å². The number of halogens is 2. The summed E-state index contributed by atoms with van der Waals surface area (Å²) >= 11 is 7.14. The van der Waals surface area contributed by atoms with Crippen LogP contribution in [0.1, 0.15) is 0 Å². The van der Waals surface area contributed by atoms with E-state index in [1.165, 1.54) is 21.9 Å². The number of nitrogens with one attached hydrogen (secondary N) is 1. The van der Waals surface area contributed by atoms with E-state index in [9.17, 15) is 4.39 Å². The Balaban J connectivity index is 1.92. The second-order valence-electron chi connectivity index (χ2n) is 4.20. The van der Waals surface area contributed by atoms with E-state index >= 15 is 0 Å². The summed E-state index contributed by atoms with van der Waals surface area (Å²) in [7, 11) is 0. The Morgan fingerprint density at radius 1 is 1.24 bits per heavy atom. The molecule has 0 fully saturated rings. The second-order valence-corrected chi connectivity index (χ2v) is 5.56. The Labute approximate surface area is 126 Å². The number of hydrogen-bond donors (Lipinski definition) is 1. The molecule has 0 unspecified atom stereocenters. The normalized spacial score (nSPS) is 11.3. The largest absolute Gasteiger partial charge is 0.275 e. The van der Waals surface area contributed by atoms with Crippen molar-refractivity contribution < 1.29 is 4.39 Å². The van der Waals surface area contributed by atoms with Gasteiger partial charge in [-0.15, -0.1) is 10.2 Å². The molecule has 3 aromatic heterocycles. The summed E-state index contributed by atoms with van der Waals surface area (Å²) in [6, 6.07) is 6.53. The molecule has 0 spiro atoms. The Morgan fingerprint density at radius 3 is 2.95 bits per heavy atom. The summed E-state index contributed by atoms with van der Waals surface area (Å²) in [6.07, 6.45) is 1.63. The van der Waals surface area contributed by atoms with E-state index in [1.54, 1.807) is 24.4 Å². The third-order valence-electron chi connectivity index (χ3n) is 2.91. The molecule has 21 heavy (non-hydrogen) atoms. The van der Waals surface area contributed by atoms with Gasteiger partial charge in [0.2, 0.25) is 4.96 Å². The van der Waals surface area contributed by atoms with Crippen LogP contribution in [0.2, 0.25) is 5.02 Å². The molecule has 9 heteroatoms. The van der Waals surface area contributed by atoms with Gasteiger partial charge in [0.1, 0.15) is 0 Å². The van der Waals surface area contributed by atoms with Crippen molar-refractivity contribution in [1.82, 2.24) is 30.0 Å². The maximum Gasteiger partial charge on any atom is 0.235 e. The molecule has 0 aliphatic rings. The van der Waals surface area contributed by atoms with Crippen molar-refractivity contribution >= 4 is 27.9 Å². The van der Waals surface area contributed by atoms with Crippen molar-refractivity contribution in [3.8, 4) is 22.1 Å². The van der Waals surface area contributed by atoms with Gasteiger partial charge in [-0.05, 0) is 18.2 Å². The van der Waals surface area contributed by atoms with Crippen molar-refractivity contribution in [2.75, 3.05) is 0 Å². The number of fused-ring (bicyclic) bond motifs is 1. The molecule has 4 rings (SSSR count). The quantitative estimate of drug-likeness (QED) is 0.616. The van der Waals surface area contributed by atoms with Crippen molar-refractivity contribution in [2.24, 2.45) is 0 Å². The fourth-order valence-electron chi connectivity index (χ4n) is 1.95. The minimum Gasteiger partial charge on any atom is -0.275 e. The fourth-order valence-corrected chi connectivity index (χ4v) is 2.93. The molecule has 0 aliphatic heterocycles. The zero-order valence-corrected chi connectivity index (χ0v) is 11.9. The van der Waals surface area contributed by atoms with Crippen LogP contribution in [-0.2, 0) is 0 Å².